The van der Waals surface area contributed by atoms with E-state index in [1.54, 1.807) is 31.2 Å². The van der Waals surface area contributed by atoms with Gasteiger partial charge in [-0.15, -0.1) is 0 Å². The van der Waals surface area contributed by atoms with Gasteiger partial charge in [0.25, 0.3) is 11.8 Å². The van der Waals surface area contributed by atoms with E-state index < -0.39 is 40.3 Å². The van der Waals surface area contributed by atoms with Crippen LogP contribution in [0.5, 0.6) is 5.75 Å². The van der Waals surface area contributed by atoms with E-state index >= 15 is 0 Å². The molecule has 28 heavy (non-hydrogen) atoms. The maximum Gasteiger partial charge on any atom is 0.325 e. The van der Waals surface area contributed by atoms with Crippen molar-refractivity contribution in [3.8, 4) is 5.75 Å². The SMILES string of the molecule is CCN(C(=O)COC(=O)CNC(=O)c1ccc(OC)cc1)[C@H]1CCS(=O)(=O)C1. The number of rotatable bonds is 8. The Bertz CT molecular complexity index is 821. The van der Waals surface area contributed by atoms with Crippen molar-refractivity contribution in [2.45, 2.75) is 19.4 Å². The number of esters is 1. The molecule has 9 nitrogen and oxygen atoms in total. The predicted octanol–water partition coefficient (Wildman–Crippen LogP) is 0.00380. The van der Waals surface area contributed by atoms with E-state index in [2.05, 4.69) is 5.32 Å². The predicted molar refractivity (Wildman–Crippen MR) is 101 cm³/mol. The summed E-state index contributed by atoms with van der Waals surface area (Å²) in [5.74, 6) is -1.09. The quantitative estimate of drug-likeness (QED) is 0.597. The van der Waals surface area contributed by atoms with Crippen LogP contribution in [0.15, 0.2) is 24.3 Å². The number of nitrogens with zero attached hydrogens (tertiary/aromatic N) is 1. The maximum absolute atomic E-state index is 12.3. The highest BCUT2D eigenvalue weighted by Gasteiger charge is 2.34. The Kier molecular flexibility index (Phi) is 7.38. The van der Waals surface area contributed by atoms with Gasteiger partial charge in [0.05, 0.1) is 18.6 Å². The second-order valence-electron chi connectivity index (χ2n) is 6.31. The molecule has 0 radical (unpaired) electrons. The first-order chi connectivity index (χ1) is 13.3. The summed E-state index contributed by atoms with van der Waals surface area (Å²) in [4.78, 5) is 37.4. The monoisotopic (exact) mass is 412 g/mol. The van der Waals surface area contributed by atoms with E-state index in [0.717, 1.165) is 0 Å². The molecule has 0 saturated carbocycles. The molecule has 1 atom stereocenters. The van der Waals surface area contributed by atoms with Crippen LogP contribution < -0.4 is 10.1 Å². The number of methoxy groups -OCH3 is 1. The maximum atomic E-state index is 12.3. The summed E-state index contributed by atoms with van der Waals surface area (Å²) in [7, 11) is -1.61. The molecule has 0 aliphatic carbocycles. The van der Waals surface area contributed by atoms with Gasteiger partial charge in [0.2, 0.25) is 0 Å². The third-order valence-corrected chi connectivity index (χ3v) is 6.16. The molecule has 1 aliphatic heterocycles. The highest BCUT2D eigenvalue weighted by Crippen LogP contribution is 2.17. The van der Waals surface area contributed by atoms with Crippen molar-refractivity contribution < 1.29 is 32.3 Å². The summed E-state index contributed by atoms with van der Waals surface area (Å²) in [5.41, 5.74) is 0.351. The molecule has 1 aromatic rings. The molecular weight excluding hydrogens is 388 g/mol. The molecule has 1 aromatic carbocycles. The molecule has 154 valence electrons. The van der Waals surface area contributed by atoms with Crippen LogP contribution in [0.2, 0.25) is 0 Å². The normalized spacial score (nSPS) is 17.6. The summed E-state index contributed by atoms with van der Waals surface area (Å²) in [5, 5.41) is 2.41. The molecule has 1 N–H and O–H groups in total. The molecular formula is C18H24N2O7S. The summed E-state index contributed by atoms with van der Waals surface area (Å²) >= 11 is 0. The number of nitrogens with one attached hydrogen (secondary N) is 1. The minimum absolute atomic E-state index is 0.0542. The van der Waals surface area contributed by atoms with Crippen LogP contribution in [-0.4, -0.2) is 75.5 Å². The van der Waals surface area contributed by atoms with Crippen molar-refractivity contribution in [1.82, 2.24) is 10.2 Å². The molecule has 2 rings (SSSR count). The molecule has 1 fully saturated rings. The van der Waals surface area contributed by atoms with Crippen molar-refractivity contribution in [2.24, 2.45) is 0 Å². The lowest BCUT2D eigenvalue weighted by atomic mass is 10.2. The fourth-order valence-electron chi connectivity index (χ4n) is 2.93. The molecule has 1 heterocycles. The number of carbonyl (C=O) groups excluding carboxylic acids is 3. The third-order valence-electron chi connectivity index (χ3n) is 4.41. The highest BCUT2D eigenvalue weighted by atomic mass is 32.2. The van der Waals surface area contributed by atoms with E-state index in [9.17, 15) is 22.8 Å². The highest BCUT2D eigenvalue weighted by molar-refractivity contribution is 7.91. The van der Waals surface area contributed by atoms with Gasteiger partial charge in [0, 0.05) is 18.2 Å². The van der Waals surface area contributed by atoms with Crippen molar-refractivity contribution in [2.75, 3.05) is 38.3 Å². The number of benzene rings is 1. The fraction of sp³-hybridized carbons (Fsp3) is 0.500. The summed E-state index contributed by atoms with van der Waals surface area (Å²) < 4.78 is 33.1. The van der Waals surface area contributed by atoms with E-state index in [1.807, 2.05) is 0 Å². The minimum atomic E-state index is -3.12. The Balaban J connectivity index is 1.77. The van der Waals surface area contributed by atoms with Gasteiger partial charge in [-0.05, 0) is 37.6 Å². The second-order valence-corrected chi connectivity index (χ2v) is 8.54. The zero-order chi connectivity index (χ0) is 20.7. The first kappa shape index (κ1) is 21.7. The first-order valence-corrected chi connectivity index (χ1v) is 10.7. The Morgan fingerprint density at radius 1 is 1.21 bits per heavy atom. The molecule has 1 saturated heterocycles. The molecule has 0 bridgehead atoms. The molecule has 0 spiro atoms. The van der Waals surface area contributed by atoms with Crippen LogP contribution in [0.1, 0.15) is 23.7 Å². The van der Waals surface area contributed by atoms with Gasteiger partial charge in [0.15, 0.2) is 16.4 Å². The Morgan fingerprint density at radius 3 is 2.43 bits per heavy atom. The van der Waals surface area contributed by atoms with Crippen LogP contribution in [0.25, 0.3) is 0 Å². The lowest BCUT2D eigenvalue weighted by Crippen LogP contribution is -2.43. The molecule has 10 heteroatoms. The Hall–Kier alpha value is -2.62. The average Bonchev–Trinajstić information content (AvgIpc) is 3.04. The van der Waals surface area contributed by atoms with Crippen LogP contribution in [-0.2, 0) is 24.2 Å². The van der Waals surface area contributed by atoms with Crippen LogP contribution in [0.4, 0.5) is 0 Å². The smallest absolute Gasteiger partial charge is 0.325 e. The van der Waals surface area contributed by atoms with E-state index in [-0.39, 0.29) is 18.1 Å². The lowest BCUT2D eigenvalue weighted by Gasteiger charge is -2.26. The zero-order valence-corrected chi connectivity index (χ0v) is 16.7. The van der Waals surface area contributed by atoms with Gasteiger partial charge in [-0.25, -0.2) is 8.42 Å². The van der Waals surface area contributed by atoms with Gasteiger partial charge in [-0.2, -0.15) is 0 Å². The van der Waals surface area contributed by atoms with Crippen LogP contribution in [0, 0.1) is 0 Å². The molecule has 1 aliphatic rings. The van der Waals surface area contributed by atoms with Crippen LogP contribution in [0.3, 0.4) is 0 Å². The number of carbonyl (C=O) groups is 3. The first-order valence-electron chi connectivity index (χ1n) is 8.83. The second kappa shape index (κ2) is 9.54. The standard InChI is InChI=1S/C18H24N2O7S/c1-3-20(14-8-9-28(24,25)12-14)16(21)11-27-17(22)10-19-18(23)13-4-6-15(26-2)7-5-13/h4-7,14H,3,8-12H2,1-2H3,(H,19,23)/t14-/m0/s1. The minimum Gasteiger partial charge on any atom is -0.497 e. The third kappa shape index (κ3) is 5.95. The van der Waals surface area contributed by atoms with Crippen LogP contribution >= 0.6 is 0 Å². The van der Waals surface area contributed by atoms with Gasteiger partial charge < -0.3 is 19.7 Å². The number of hydrogen-bond donors (Lipinski definition) is 1. The summed E-state index contributed by atoms with van der Waals surface area (Å²) in [6.07, 6.45) is 0.383. The average molecular weight is 412 g/mol. The fourth-order valence-corrected chi connectivity index (χ4v) is 4.66. The molecule has 0 unspecified atom stereocenters. The Labute approximate surface area is 163 Å². The number of amides is 2. The Morgan fingerprint density at radius 2 is 1.89 bits per heavy atom. The molecule has 2 amide bonds. The van der Waals surface area contributed by atoms with E-state index in [4.69, 9.17) is 9.47 Å². The number of sulfone groups is 1. The van der Waals surface area contributed by atoms with E-state index in [1.165, 1.54) is 12.0 Å². The zero-order valence-electron chi connectivity index (χ0n) is 15.8. The number of ether oxygens (including phenoxy) is 2. The van der Waals surface area contributed by atoms with Gasteiger partial charge in [-0.1, -0.05) is 0 Å². The number of likely N-dealkylation sites (N-methyl/N-ethyl adjacent to an activating group) is 1. The van der Waals surface area contributed by atoms with Crippen molar-refractivity contribution in [3.05, 3.63) is 29.8 Å². The van der Waals surface area contributed by atoms with Gasteiger partial charge in [0.1, 0.15) is 12.3 Å². The summed E-state index contributed by atoms with van der Waals surface area (Å²) in [6.45, 7) is 1.17. The van der Waals surface area contributed by atoms with Crippen molar-refractivity contribution in [1.29, 1.82) is 0 Å². The molecule has 0 aromatic heterocycles. The lowest BCUT2D eigenvalue weighted by molar-refractivity contribution is -0.151. The van der Waals surface area contributed by atoms with E-state index in [0.29, 0.717) is 24.3 Å². The van der Waals surface area contributed by atoms with Gasteiger partial charge >= 0.3 is 5.97 Å². The van der Waals surface area contributed by atoms with Crippen molar-refractivity contribution in [3.63, 3.8) is 0 Å². The topological polar surface area (TPSA) is 119 Å². The number of hydrogen-bond acceptors (Lipinski definition) is 7. The van der Waals surface area contributed by atoms with Gasteiger partial charge in [-0.3, -0.25) is 14.4 Å². The largest absolute Gasteiger partial charge is 0.497 e. The summed E-state index contributed by atoms with van der Waals surface area (Å²) in [6, 6.07) is 5.95. The van der Waals surface area contributed by atoms with Crippen molar-refractivity contribution >= 4 is 27.6 Å².